The summed E-state index contributed by atoms with van der Waals surface area (Å²) in [5.41, 5.74) is 2.17. The number of anilines is 1. The van der Waals surface area contributed by atoms with Crippen molar-refractivity contribution in [2.45, 2.75) is 30.4 Å². The average Bonchev–Trinajstić information content (AvgIpc) is 3.14. The normalized spacial score (nSPS) is 11.8. The number of rotatable bonds is 6. The number of hydrogen-bond acceptors (Lipinski definition) is 7. The summed E-state index contributed by atoms with van der Waals surface area (Å²) < 4.78 is 24.9. The van der Waals surface area contributed by atoms with Crippen molar-refractivity contribution in [3.05, 3.63) is 29.3 Å². The Morgan fingerprint density at radius 2 is 2.15 bits per heavy atom. The van der Waals surface area contributed by atoms with Crippen molar-refractivity contribution in [1.29, 1.82) is 0 Å². The molecule has 0 aliphatic rings. The van der Waals surface area contributed by atoms with Crippen molar-refractivity contribution in [3.8, 4) is 0 Å². The van der Waals surface area contributed by atoms with Crippen LogP contribution < -0.4 is 10.5 Å². The van der Waals surface area contributed by atoms with Gasteiger partial charge in [0.15, 0.2) is 10.3 Å². The molecule has 0 atom stereocenters. The smallest absolute Gasteiger partial charge is 0.238 e. The number of hydrogen-bond donors (Lipinski definition) is 2. The van der Waals surface area contributed by atoms with E-state index in [1.54, 1.807) is 6.07 Å². The largest absolute Gasteiger partial charge is 0.319 e. The summed E-state index contributed by atoms with van der Waals surface area (Å²) in [7, 11) is -3.79. The minimum absolute atomic E-state index is 0.0131. The van der Waals surface area contributed by atoms with Gasteiger partial charge in [-0.2, -0.15) is 0 Å². The van der Waals surface area contributed by atoms with Gasteiger partial charge in [-0.25, -0.2) is 23.5 Å². The third-order valence-corrected chi connectivity index (χ3v) is 6.29. The molecule has 0 spiro atoms. The van der Waals surface area contributed by atoms with Crippen LogP contribution in [0.15, 0.2) is 33.6 Å². The molecule has 26 heavy (non-hydrogen) atoms. The Hall–Kier alpha value is -1.95. The van der Waals surface area contributed by atoms with E-state index in [-0.39, 0.29) is 16.6 Å². The second-order valence-corrected chi connectivity index (χ2v) is 8.83. The first-order valence-electron chi connectivity index (χ1n) is 7.66. The number of nitrogens with two attached hydrogens (primary N) is 1. The molecule has 0 unspecified atom stereocenters. The molecule has 3 rings (SSSR count). The molecular formula is C15H17N5O3S3. The number of benzene rings is 1. The Labute approximate surface area is 158 Å². The van der Waals surface area contributed by atoms with Crippen LogP contribution in [0.5, 0.6) is 0 Å². The Morgan fingerprint density at radius 3 is 2.77 bits per heavy atom. The highest BCUT2D eigenvalue weighted by molar-refractivity contribution is 7.99. The predicted octanol–water partition coefficient (Wildman–Crippen LogP) is 2.20. The van der Waals surface area contributed by atoms with Gasteiger partial charge in [-0.3, -0.25) is 4.79 Å². The second-order valence-electron chi connectivity index (χ2n) is 5.47. The van der Waals surface area contributed by atoms with Crippen molar-refractivity contribution >= 4 is 55.2 Å². The number of carbonyl (C=O) groups is 1. The number of sulfonamides is 1. The summed E-state index contributed by atoms with van der Waals surface area (Å²) in [5.74, 6) is -0.00596. The first-order chi connectivity index (χ1) is 12.3. The van der Waals surface area contributed by atoms with E-state index in [0.29, 0.717) is 22.3 Å². The molecule has 0 fully saturated rings. The number of amides is 1. The van der Waals surface area contributed by atoms with Crippen LogP contribution in [-0.4, -0.2) is 34.6 Å². The van der Waals surface area contributed by atoms with Gasteiger partial charge in [-0.05, 0) is 32.0 Å². The van der Waals surface area contributed by atoms with Crippen LogP contribution in [0, 0.1) is 6.92 Å². The van der Waals surface area contributed by atoms with Gasteiger partial charge in [0.2, 0.25) is 15.9 Å². The molecule has 0 aliphatic heterocycles. The zero-order valence-corrected chi connectivity index (χ0v) is 16.5. The molecule has 3 aromatic rings. The molecule has 2 aromatic heterocycles. The van der Waals surface area contributed by atoms with E-state index in [9.17, 15) is 13.2 Å². The Balaban J connectivity index is 1.79. The van der Waals surface area contributed by atoms with Crippen molar-refractivity contribution in [2.75, 3.05) is 11.1 Å². The average molecular weight is 412 g/mol. The first kappa shape index (κ1) is 18.8. The fraction of sp³-hybridized carbons (Fsp3) is 0.267. The molecule has 0 saturated carbocycles. The van der Waals surface area contributed by atoms with Crippen LogP contribution in [0.2, 0.25) is 0 Å². The molecule has 1 aromatic carbocycles. The van der Waals surface area contributed by atoms with Gasteiger partial charge in [0, 0.05) is 11.9 Å². The summed E-state index contributed by atoms with van der Waals surface area (Å²) in [6, 6.07) is 4.57. The van der Waals surface area contributed by atoms with Crippen molar-refractivity contribution in [2.24, 2.45) is 5.14 Å². The van der Waals surface area contributed by atoms with Crippen molar-refractivity contribution < 1.29 is 13.2 Å². The third-order valence-electron chi connectivity index (χ3n) is 3.53. The highest BCUT2D eigenvalue weighted by Crippen LogP contribution is 2.26. The van der Waals surface area contributed by atoms with E-state index < -0.39 is 10.0 Å². The van der Waals surface area contributed by atoms with Gasteiger partial charge >= 0.3 is 0 Å². The van der Waals surface area contributed by atoms with E-state index >= 15 is 0 Å². The number of imidazole rings is 1. The van der Waals surface area contributed by atoms with Gasteiger partial charge in [-0.1, -0.05) is 11.8 Å². The fourth-order valence-corrected chi connectivity index (χ4v) is 4.49. The monoisotopic (exact) mass is 411 g/mol. The molecule has 0 saturated heterocycles. The number of aryl methyl sites for hydroxylation is 2. The third kappa shape index (κ3) is 4.06. The lowest BCUT2D eigenvalue weighted by Gasteiger charge is -2.05. The number of thiazole rings is 1. The van der Waals surface area contributed by atoms with Crippen LogP contribution in [0.4, 0.5) is 5.13 Å². The molecule has 138 valence electrons. The molecule has 3 N–H and O–H groups in total. The number of nitrogens with one attached hydrogen (secondary N) is 1. The fourth-order valence-electron chi connectivity index (χ4n) is 2.38. The summed E-state index contributed by atoms with van der Waals surface area (Å²) >= 11 is 2.65. The first-order valence-corrected chi connectivity index (χ1v) is 11.1. The number of carbonyl (C=O) groups excluding carboxylic acids is 1. The standard InChI is InChI=1S/C15H17N5O3S3/c1-3-20-12-5-4-10(26(16,22)23)6-11(12)18-15(20)25-8-13(21)19-14-17-9(2)7-24-14/h4-7H,3,8H2,1-2H3,(H2,16,22,23)(H,17,19,21). The minimum Gasteiger partial charge on any atom is -0.319 e. The highest BCUT2D eigenvalue weighted by Gasteiger charge is 2.16. The molecule has 2 heterocycles. The highest BCUT2D eigenvalue weighted by atomic mass is 32.2. The molecular weight excluding hydrogens is 394 g/mol. The number of thioether (sulfide) groups is 1. The Kier molecular flexibility index (Phi) is 5.32. The van der Waals surface area contributed by atoms with Crippen molar-refractivity contribution in [3.63, 3.8) is 0 Å². The zero-order valence-electron chi connectivity index (χ0n) is 14.1. The second kappa shape index (κ2) is 7.35. The maximum absolute atomic E-state index is 12.1. The SMILES string of the molecule is CCn1c(SCC(=O)Nc2nc(C)cs2)nc2cc(S(N)(=O)=O)ccc21. The lowest BCUT2D eigenvalue weighted by molar-refractivity contribution is -0.113. The van der Waals surface area contributed by atoms with E-state index in [0.717, 1.165) is 11.2 Å². The van der Waals surface area contributed by atoms with E-state index in [1.807, 2.05) is 23.8 Å². The number of primary sulfonamides is 1. The lowest BCUT2D eigenvalue weighted by atomic mass is 10.3. The van der Waals surface area contributed by atoms with Gasteiger partial charge in [-0.15, -0.1) is 11.3 Å². The molecule has 8 nitrogen and oxygen atoms in total. The zero-order chi connectivity index (χ0) is 18.9. The Bertz CT molecular complexity index is 1070. The topological polar surface area (TPSA) is 120 Å². The van der Waals surface area contributed by atoms with Crippen LogP contribution in [0.3, 0.4) is 0 Å². The predicted molar refractivity (Wildman–Crippen MR) is 103 cm³/mol. The van der Waals surface area contributed by atoms with Gasteiger partial charge in [0.1, 0.15) is 0 Å². The van der Waals surface area contributed by atoms with Crippen LogP contribution in [0.25, 0.3) is 11.0 Å². The molecule has 11 heteroatoms. The molecule has 0 aliphatic carbocycles. The number of nitrogens with zero attached hydrogens (tertiary/aromatic N) is 3. The lowest BCUT2D eigenvalue weighted by Crippen LogP contribution is -2.14. The number of aromatic nitrogens is 3. The summed E-state index contributed by atoms with van der Waals surface area (Å²) in [4.78, 5) is 20.8. The van der Waals surface area contributed by atoms with Crippen LogP contribution >= 0.6 is 23.1 Å². The molecule has 0 bridgehead atoms. The van der Waals surface area contributed by atoms with Gasteiger partial charge < -0.3 is 9.88 Å². The quantitative estimate of drug-likeness (QED) is 0.600. The maximum Gasteiger partial charge on any atom is 0.238 e. The van der Waals surface area contributed by atoms with Crippen LogP contribution in [-0.2, 0) is 21.4 Å². The summed E-state index contributed by atoms with van der Waals surface area (Å²) in [5, 5.41) is 11.0. The summed E-state index contributed by atoms with van der Waals surface area (Å²) in [6.45, 7) is 4.46. The summed E-state index contributed by atoms with van der Waals surface area (Å²) in [6.07, 6.45) is 0. The maximum atomic E-state index is 12.1. The van der Waals surface area contributed by atoms with Gasteiger partial charge in [0.25, 0.3) is 0 Å². The van der Waals surface area contributed by atoms with Crippen LogP contribution in [0.1, 0.15) is 12.6 Å². The molecule has 0 radical (unpaired) electrons. The van der Waals surface area contributed by atoms with Crippen molar-refractivity contribution in [1.82, 2.24) is 14.5 Å². The van der Waals surface area contributed by atoms with E-state index in [2.05, 4.69) is 15.3 Å². The number of fused-ring (bicyclic) bond motifs is 1. The van der Waals surface area contributed by atoms with E-state index in [4.69, 9.17) is 5.14 Å². The minimum atomic E-state index is -3.79. The van der Waals surface area contributed by atoms with Gasteiger partial charge in [0.05, 0.1) is 27.4 Å². The molecule has 1 amide bonds. The van der Waals surface area contributed by atoms with E-state index in [1.165, 1.54) is 35.2 Å². The Morgan fingerprint density at radius 1 is 1.38 bits per heavy atom.